The molecule has 0 atom stereocenters. The summed E-state index contributed by atoms with van der Waals surface area (Å²) in [6.45, 7) is 3.58. The maximum absolute atomic E-state index is 14.3. The number of imidazole rings is 1. The van der Waals surface area contributed by atoms with Crippen molar-refractivity contribution in [2.24, 2.45) is 23.2 Å². The Kier molecular flexibility index (Phi) is 5.06. The quantitative estimate of drug-likeness (QED) is 0.439. The van der Waals surface area contributed by atoms with Crippen molar-refractivity contribution < 1.29 is 4.79 Å². The molecule has 4 aliphatic rings. The molecule has 1 aromatic carbocycles. The summed E-state index contributed by atoms with van der Waals surface area (Å²) in [4.78, 5) is 25.4. The maximum atomic E-state index is 14.3. The van der Waals surface area contributed by atoms with Gasteiger partial charge in [0, 0.05) is 30.5 Å². The van der Waals surface area contributed by atoms with Crippen LogP contribution in [0.4, 0.5) is 5.13 Å². The van der Waals surface area contributed by atoms with E-state index in [-0.39, 0.29) is 5.41 Å². The zero-order valence-electron chi connectivity index (χ0n) is 18.5. The second-order valence-electron chi connectivity index (χ2n) is 10.4. The van der Waals surface area contributed by atoms with Crippen LogP contribution in [0.3, 0.4) is 0 Å². The minimum atomic E-state index is -0.172. The molecule has 2 aromatic heterocycles. The number of aromatic nitrogens is 3. The first-order valence-electron chi connectivity index (χ1n) is 11.8. The number of thiazole rings is 1. The van der Waals surface area contributed by atoms with Crippen LogP contribution < -0.4 is 4.90 Å². The van der Waals surface area contributed by atoms with Gasteiger partial charge in [-0.05, 0) is 87.3 Å². The van der Waals surface area contributed by atoms with Gasteiger partial charge < -0.3 is 4.57 Å². The minimum Gasteiger partial charge on any atom is -0.337 e. The first kappa shape index (κ1) is 20.7. The Labute approximate surface area is 197 Å². The van der Waals surface area contributed by atoms with Gasteiger partial charge in [-0.15, -0.1) is 0 Å². The number of halogens is 1. The van der Waals surface area contributed by atoms with Crippen LogP contribution in [0.1, 0.15) is 50.5 Å². The summed E-state index contributed by atoms with van der Waals surface area (Å²) in [7, 11) is 0. The van der Waals surface area contributed by atoms with E-state index in [4.69, 9.17) is 16.6 Å². The van der Waals surface area contributed by atoms with Gasteiger partial charge in [0.15, 0.2) is 5.13 Å². The van der Waals surface area contributed by atoms with E-state index in [1.54, 1.807) is 17.5 Å². The molecule has 4 bridgehead atoms. The van der Waals surface area contributed by atoms with E-state index in [0.29, 0.717) is 12.5 Å². The highest BCUT2D eigenvalue weighted by Gasteiger charge is 2.55. The molecule has 168 valence electrons. The predicted molar refractivity (Wildman–Crippen MR) is 129 cm³/mol. The van der Waals surface area contributed by atoms with Crippen LogP contribution in [0.5, 0.6) is 0 Å². The molecule has 0 saturated heterocycles. The number of carbonyl (C=O) groups is 1. The van der Waals surface area contributed by atoms with Gasteiger partial charge in [-0.3, -0.25) is 9.69 Å². The van der Waals surface area contributed by atoms with Crippen LogP contribution in [0.25, 0.3) is 10.2 Å². The lowest BCUT2D eigenvalue weighted by Crippen LogP contribution is -2.55. The number of hydrogen-bond donors (Lipinski definition) is 0. The largest absolute Gasteiger partial charge is 0.337 e. The molecule has 7 rings (SSSR count). The number of nitrogens with zero attached hydrogens (tertiary/aromatic N) is 4. The molecule has 0 N–H and O–H groups in total. The number of rotatable bonds is 6. The van der Waals surface area contributed by atoms with Crippen LogP contribution in [-0.4, -0.2) is 27.0 Å². The maximum Gasteiger partial charge on any atom is 0.235 e. The smallest absolute Gasteiger partial charge is 0.235 e. The molecule has 1 amide bonds. The van der Waals surface area contributed by atoms with Crippen LogP contribution >= 0.6 is 22.9 Å². The molecule has 32 heavy (non-hydrogen) atoms. The van der Waals surface area contributed by atoms with Crippen molar-refractivity contribution in [3.05, 3.63) is 41.4 Å². The number of amides is 1. The molecule has 7 heteroatoms. The second-order valence-corrected chi connectivity index (χ2v) is 11.8. The summed E-state index contributed by atoms with van der Waals surface area (Å²) < 4.78 is 3.14. The fourth-order valence-corrected chi connectivity index (χ4v) is 8.48. The van der Waals surface area contributed by atoms with E-state index >= 15 is 0 Å². The first-order chi connectivity index (χ1) is 15.5. The summed E-state index contributed by atoms with van der Waals surface area (Å²) >= 11 is 7.92. The highest BCUT2D eigenvalue weighted by atomic mass is 35.5. The zero-order chi connectivity index (χ0) is 21.9. The summed E-state index contributed by atoms with van der Waals surface area (Å²) in [6.07, 6.45) is 13.7. The summed E-state index contributed by atoms with van der Waals surface area (Å²) in [5.41, 5.74) is 1.86. The zero-order valence-corrected chi connectivity index (χ0v) is 20.0. The molecular formula is C25H29ClN4OS. The number of hydrogen-bond acceptors (Lipinski definition) is 4. The third kappa shape index (κ3) is 3.56. The van der Waals surface area contributed by atoms with Gasteiger partial charge in [0.25, 0.3) is 0 Å². The molecule has 4 aliphatic carbocycles. The number of carbonyl (C=O) groups excluding carboxylic acids is 1. The normalized spacial score (nSPS) is 28.5. The van der Waals surface area contributed by atoms with Gasteiger partial charge >= 0.3 is 0 Å². The molecule has 4 fully saturated rings. The number of anilines is 1. The molecule has 2 heterocycles. The molecule has 5 nitrogen and oxygen atoms in total. The molecule has 0 aliphatic heterocycles. The van der Waals surface area contributed by atoms with Crippen molar-refractivity contribution in [3.8, 4) is 0 Å². The molecule has 0 spiro atoms. The Morgan fingerprint density at radius 1 is 1.22 bits per heavy atom. The van der Waals surface area contributed by atoms with Crippen molar-refractivity contribution in [3.63, 3.8) is 0 Å². The van der Waals surface area contributed by atoms with E-state index in [0.717, 1.165) is 75.9 Å². The van der Waals surface area contributed by atoms with Crippen molar-refractivity contribution in [1.82, 2.24) is 14.5 Å². The molecule has 3 aromatic rings. The van der Waals surface area contributed by atoms with E-state index in [1.165, 1.54) is 19.3 Å². The second kappa shape index (κ2) is 7.84. The Morgan fingerprint density at radius 2 is 1.94 bits per heavy atom. The topological polar surface area (TPSA) is 51.0 Å². The molecular weight excluding hydrogens is 440 g/mol. The highest BCUT2D eigenvalue weighted by molar-refractivity contribution is 7.22. The number of aryl methyl sites for hydroxylation is 2. The van der Waals surface area contributed by atoms with Gasteiger partial charge in [0.05, 0.1) is 22.0 Å². The average Bonchev–Trinajstić information content (AvgIpc) is 3.39. The van der Waals surface area contributed by atoms with Gasteiger partial charge in [-0.2, -0.15) is 0 Å². The lowest BCUT2D eigenvalue weighted by molar-refractivity contribution is -0.143. The van der Waals surface area contributed by atoms with Gasteiger partial charge in [-0.25, -0.2) is 9.97 Å². The first-order valence-corrected chi connectivity index (χ1v) is 13.0. The summed E-state index contributed by atoms with van der Waals surface area (Å²) in [5.74, 6) is 2.56. The molecule has 0 radical (unpaired) electrons. The van der Waals surface area contributed by atoms with Crippen molar-refractivity contribution in [1.29, 1.82) is 0 Å². The summed E-state index contributed by atoms with van der Waals surface area (Å²) in [5, 5.41) is 1.56. The number of fused-ring (bicyclic) bond motifs is 1. The third-order valence-electron chi connectivity index (χ3n) is 7.96. The van der Waals surface area contributed by atoms with E-state index < -0.39 is 0 Å². The van der Waals surface area contributed by atoms with E-state index in [9.17, 15) is 4.79 Å². The lowest BCUT2D eigenvalue weighted by Gasteiger charge is -2.56. The standard InChI is InChI=1S/C25H29ClN4OS/c1-16-7-20(26)11-21-22(16)28-24(32-21)30(5-2-4-29-6-3-27-15-29)23(31)25-12-17-8-18(13-25)10-19(9-17)14-25/h3,6-7,11,15,17-19H,2,4-5,8-10,12-14H2,1H3. The van der Waals surface area contributed by atoms with Gasteiger partial charge in [0.2, 0.25) is 5.91 Å². The van der Waals surface area contributed by atoms with E-state index in [2.05, 4.69) is 9.55 Å². The Bertz CT molecular complexity index is 1120. The van der Waals surface area contributed by atoms with Crippen molar-refractivity contribution >= 4 is 44.2 Å². The SMILES string of the molecule is Cc1cc(Cl)cc2sc(N(CCCn3ccnc3)C(=O)C34CC5CC(CC(C5)C3)C4)nc12. The van der Waals surface area contributed by atoms with Gasteiger partial charge in [-0.1, -0.05) is 22.9 Å². The number of benzene rings is 1. The third-order valence-corrected chi connectivity index (χ3v) is 9.21. The average molecular weight is 469 g/mol. The minimum absolute atomic E-state index is 0.172. The molecule has 0 unspecified atom stereocenters. The Hall–Kier alpha value is -1.92. The van der Waals surface area contributed by atoms with Crippen LogP contribution in [0.15, 0.2) is 30.9 Å². The van der Waals surface area contributed by atoms with Crippen LogP contribution in [0, 0.1) is 30.1 Å². The van der Waals surface area contributed by atoms with E-state index in [1.807, 2.05) is 36.5 Å². The Balaban J connectivity index is 1.33. The fourth-order valence-electron chi connectivity index (χ4n) is 7.03. The monoisotopic (exact) mass is 468 g/mol. The lowest BCUT2D eigenvalue weighted by atomic mass is 9.49. The molecule has 4 saturated carbocycles. The fraction of sp³-hybridized carbons (Fsp3) is 0.560. The predicted octanol–water partition coefficient (Wildman–Crippen LogP) is 6.09. The summed E-state index contributed by atoms with van der Waals surface area (Å²) in [6, 6.07) is 3.93. The highest BCUT2D eigenvalue weighted by Crippen LogP contribution is 2.60. The van der Waals surface area contributed by atoms with Crippen LogP contribution in [-0.2, 0) is 11.3 Å². The van der Waals surface area contributed by atoms with Crippen molar-refractivity contribution in [2.45, 2.75) is 58.4 Å². The van der Waals surface area contributed by atoms with Crippen molar-refractivity contribution in [2.75, 3.05) is 11.4 Å². The Morgan fingerprint density at radius 3 is 2.59 bits per heavy atom. The van der Waals surface area contributed by atoms with Crippen LogP contribution in [0.2, 0.25) is 5.02 Å². The van der Waals surface area contributed by atoms with Gasteiger partial charge in [0.1, 0.15) is 0 Å².